The normalized spacial score (nSPS) is 15.3. The van der Waals surface area contributed by atoms with Crippen molar-refractivity contribution in [1.82, 2.24) is 4.90 Å². The van der Waals surface area contributed by atoms with Gasteiger partial charge in [-0.25, -0.2) is 0 Å². The molecule has 0 N–H and O–H groups in total. The molecule has 6 nitrogen and oxygen atoms in total. The van der Waals surface area contributed by atoms with Crippen molar-refractivity contribution < 1.29 is 18.9 Å². The van der Waals surface area contributed by atoms with E-state index in [2.05, 4.69) is 11.0 Å². The van der Waals surface area contributed by atoms with Crippen LogP contribution >= 0.6 is 0 Å². The Morgan fingerprint density at radius 3 is 2.33 bits per heavy atom. The molecule has 0 spiro atoms. The molecule has 1 aliphatic rings. The van der Waals surface area contributed by atoms with E-state index in [1.165, 1.54) is 0 Å². The van der Waals surface area contributed by atoms with E-state index >= 15 is 0 Å². The SMILES string of the molecule is COc1cc(C#N)cc(OC)c1OCCN1CCOCC1. The average molecular weight is 292 g/mol. The molecular formula is C15H20N2O4. The van der Waals surface area contributed by atoms with Crippen LogP contribution in [0.4, 0.5) is 0 Å². The first-order valence-corrected chi connectivity index (χ1v) is 6.87. The Labute approximate surface area is 124 Å². The van der Waals surface area contributed by atoms with E-state index in [1.54, 1.807) is 26.4 Å². The minimum Gasteiger partial charge on any atom is -0.493 e. The third-order valence-electron chi connectivity index (χ3n) is 3.35. The van der Waals surface area contributed by atoms with Gasteiger partial charge in [-0.05, 0) is 0 Å². The molecule has 1 aliphatic heterocycles. The molecule has 1 aromatic rings. The summed E-state index contributed by atoms with van der Waals surface area (Å²) < 4.78 is 21.7. The summed E-state index contributed by atoms with van der Waals surface area (Å²) in [6.07, 6.45) is 0. The molecule has 1 heterocycles. The molecule has 0 radical (unpaired) electrons. The molecule has 1 aromatic carbocycles. The Bertz CT molecular complexity index is 482. The van der Waals surface area contributed by atoms with Crippen LogP contribution in [0, 0.1) is 11.3 Å². The molecule has 21 heavy (non-hydrogen) atoms. The van der Waals surface area contributed by atoms with E-state index in [9.17, 15) is 0 Å². The maximum absolute atomic E-state index is 8.99. The van der Waals surface area contributed by atoms with Crippen LogP contribution in [-0.4, -0.2) is 58.6 Å². The van der Waals surface area contributed by atoms with Crippen molar-refractivity contribution in [1.29, 1.82) is 5.26 Å². The summed E-state index contributed by atoms with van der Waals surface area (Å²) in [6, 6.07) is 5.36. The number of nitriles is 1. The van der Waals surface area contributed by atoms with E-state index in [0.29, 0.717) is 29.4 Å². The Morgan fingerprint density at radius 2 is 1.81 bits per heavy atom. The third kappa shape index (κ3) is 4.00. The number of hydrogen-bond acceptors (Lipinski definition) is 6. The number of methoxy groups -OCH3 is 2. The highest BCUT2D eigenvalue weighted by Crippen LogP contribution is 2.38. The smallest absolute Gasteiger partial charge is 0.203 e. The fourth-order valence-corrected chi connectivity index (χ4v) is 2.19. The fraction of sp³-hybridized carbons (Fsp3) is 0.533. The molecule has 1 fully saturated rings. The summed E-state index contributed by atoms with van der Waals surface area (Å²) >= 11 is 0. The fourth-order valence-electron chi connectivity index (χ4n) is 2.19. The second-order valence-corrected chi connectivity index (χ2v) is 4.62. The Kier molecular flexibility index (Phi) is 5.67. The van der Waals surface area contributed by atoms with Crippen molar-refractivity contribution in [2.24, 2.45) is 0 Å². The lowest BCUT2D eigenvalue weighted by Crippen LogP contribution is -2.38. The maximum Gasteiger partial charge on any atom is 0.203 e. The molecule has 0 unspecified atom stereocenters. The van der Waals surface area contributed by atoms with Gasteiger partial charge in [0, 0.05) is 31.8 Å². The summed E-state index contributed by atoms with van der Waals surface area (Å²) in [5.74, 6) is 1.55. The first-order chi connectivity index (χ1) is 10.3. The molecule has 0 aliphatic carbocycles. The number of rotatable bonds is 6. The number of benzene rings is 1. The van der Waals surface area contributed by atoms with Crippen molar-refractivity contribution in [3.8, 4) is 23.3 Å². The van der Waals surface area contributed by atoms with Gasteiger partial charge in [-0.2, -0.15) is 5.26 Å². The monoisotopic (exact) mass is 292 g/mol. The van der Waals surface area contributed by atoms with E-state index < -0.39 is 0 Å². The topological polar surface area (TPSA) is 64.0 Å². The summed E-state index contributed by atoms with van der Waals surface area (Å²) in [5.41, 5.74) is 0.476. The van der Waals surface area contributed by atoms with Crippen LogP contribution in [0.2, 0.25) is 0 Å². The van der Waals surface area contributed by atoms with E-state index in [1.807, 2.05) is 0 Å². The number of morpholine rings is 1. The molecule has 0 amide bonds. The van der Waals surface area contributed by atoms with Crippen LogP contribution in [0.1, 0.15) is 5.56 Å². The van der Waals surface area contributed by atoms with E-state index in [0.717, 1.165) is 32.8 Å². The molecule has 114 valence electrons. The zero-order valence-electron chi connectivity index (χ0n) is 12.4. The van der Waals surface area contributed by atoms with Crippen LogP contribution in [0.15, 0.2) is 12.1 Å². The highest BCUT2D eigenvalue weighted by molar-refractivity contribution is 5.56. The molecule has 2 rings (SSSR count). The molecule has 1 saturated heterocycles. The average Bonchev–Trinajstić information content (AvgIpc) is 2.55. The Balaban J connectivity index is 2.02. The first kappa shape index (κ1) is 15.4. The molecule has 0 aromatic heterocycles. The van der Waals surface area contributed by atoms with Crippen molar-refractivity contribution in [3.05, 3.63) is 17.7 Å². The van der Waals surface area contributed by atoms with Crippen LogP contribution in [0.25, 0.3) is 0 Å². The van der Waals surface area contributed by atoms with Crippen molar-refractivity contribution in [3.63, 3.8) is 0 Å². The van der Waals surface area contributed by atoms with Crippen LogP contribution < -0.4 is 14.2 Å². The molecular weight excluding hydrogens is 272 g/mol. The highest BCUT2D eigenvalue weighted by Gasteiger charge is 2.15. The molecule has 0 saturated carbocycles. The quantitative estimate of drug-likeness (QED) is 0.787. The minimum absolute atomic E-state index is 0.476. The van der Waals surface area contributed by atoms with E-state index in [-0.39, 0.29) is 0 Å². The molecule has 0 bridgehead atoms. The second-order valence-electron chi connectivity index (χ2n) is 4.62. The number of ether oxygens (including phenoxy) is 4. The minimum atomic E-state index is 0.476. The van der Waals surface area contributed by atoms with Crippen molar-refractivity contribution in [2.45, 2.75) is 0 Å². The lowest BCUT2D eigenvalue weighted by atomic mass is 10.2. The largest absolute Gasteiger partial charge is 0.493 e. The number of nitrogens with zero attached hydrogens (tertiary/aromatic N) is 2. The van der Waals surface area contributed by atoms with Crippen LogP contribution in [0.5, 0.6) is 17.2 Å². The number of hydrogen-bond donors (Lipinski definition) is 0. The van der Waals surface area contributed by atoms with Gasteiger partial charge in [-0.1, -0.05) is 0 Å². The predicted octanol–water partition coefficient (Wildman–Crippen LogP) is 1.29. The van der Waals surface area contributed by atoms with Gasteiger partial charge in [0.05, 0.1) is 39.1 Å². The lowest BCUT2D eigenvalue weighted by Gasteiger charge is -2.26. The Hall–Kier alpha value is -1.97. The van der Waals surface area contributed by atoms with Crippen molar-refractivity contribution in [2.75, 3.05) is 53.7 Å². The predicted molar refractivity (Wildman–Crippen MR) is 77.0 cm³/mol. The van der Waals surface area contributed by atoms with Gasteiger partial charge < -0.3 is 18.9 Å². The third-order valence-corrected chi connectivity index (χ3v) is 3.35. The van der Waals surface area contributed by atoms with Gasteiger partial charge in [0.1, 0.15) is 6.61 Å². The van der Waals surface area contributed by atoms with Gasteiger partial charge in [0.2, 0.25) is 5.75 Å². The lowest BCUT2D eigenvalue weighted by molar-refractivity contribution is 0.0319. The van der Waals surface area contributed by atoms with Crippen LogP contribution in [-0.2, 0) is 4.74 Å². The summed E-state index contributed by atoms with van der Waals surface area (Å²) in [5, 5.41) is 8.99. The standard InChI is InChI=1S/C15H20N2O4/c1-18-13-9-12(11-16)10-14(19-2)15(13)21-8-5-17-3-6-20-7-4-17/h9-10H,3-8H2,1-2H3. The van der Waals surface area contributed by atoms with Gasteiger partial charge in [0.25, 0.3) is 0 Å². The summed E-state index contributed by atoms with van der Waals surface area (Å²) in [7, 11) is 3.09. The van der Waals surface area contributed by atoms with Gasteiger partial charge in [0.15, 0.2) is 11.5 Å². The van der Waals surface area contributed by atoms with Gasteiger partial charge in [-0.3, -0.25) is 4.90 Å². The molecule has 6 heteroatoms. The zero-order valence-corrected chi connectivity index (χ0v) is 12.4. The first-order valence-electron chi connectivity index (χ1n) is 6.87. The maximum atomic E-state index is 8.99. The van der Waals surface area contributed by atoms with Crippen LogP contribution in [0.3, 0.4) is 0 Å². The highest BCUT2D eigenvalue weighted by atomic mass is 16.5. The van der Waals surface area contributed by atoms with Gasteiger partial charge in [-0.15, -0.1) is 0 Å². The molecule has 0 atom stereocenters. The summed E-state index contributed by atoms with van der Waals surface area (Å²) in [6.45, 7) is 4.72. The Morgan fingerprint density at radius 1 is 1.19 bits per heavy atom. The summed E-state index contributed by atoms with van der Waals surface area (Å²) in [4.78, 5) is 2.28. The van der Waals surface area contributed by atoms with Gasteiger partial charge >= 0.3 is 0 Å². The second kappa shape index (κ2) is 7.72. The van der Waals surface area contributed by atoms with E-state index in [4.69, 9.17) is 24.2 Å². The zero-order chi connectivity index (χ0) is 15.1. The van der Waals surface area contributed by atoms with Crippen molar-refractivity contribution >= 4 is 0 Å².